The highest BCUT2D eigenvalue weighted by Gasteiger charge is 2.09. The normalized spacial score (nSPS) is 12.5. The van der Waals surface area contributed by atoms with E-state index in [-0.39, 0.29) is 0 Å². The van der Waals surface area contributed by atoms with Crippen molar-refractivity contribution < 1.29 is 0 Å². The molecule has 1 rings (SSSR count). The van der Waals surface area contributed by atoms with Crippen LogP contribution in [0.15, 0.2) is 18.3 Å². The highest BCUT2D eigenvalue weighted by molar-refractivity contribution is 5.45. The third-order valence-corrected chi connectivity index (χ3v) is 2.50. The topological polar surface area (TPSA) is 42.1 Å². The third-order valence-electron chi connectivity index (χ3n) is 2.50. The van der Waals surface area contributed by atoms with Crippen molar-refractivity contribution in [1.82, 2.24) is 4.98 Å². The summed E-state index contributed by atoms with van der Waals surface area (Å²) in [6.07, 6.45) is 4.08. The van der Waals surface area contributed by atoms with Gasteiger partial charge in [-0.3, -0.25) is 0 Å². The number of aromatic nitrogens is 1. The molecule has 0 aliphatic heterocycles. The molecule has 1 aromatic heterocycles. The molecule has 2 N–H and O–H groups in total. The van der Waals surface area contributed by atoms with E-state index >= 15 is 0 Å². The van der Waals surface area contributed by atoms with Gasteiger partial charge in [-0.15, -0.1) is 0 Å². The Morgan fingerprint density at radius 3 is 2.71 bits per heavy atom. The molecule has 1 heterocycles. The van der Waals surface area contributed by atoms with E-state index in [4.69, 9.17) is 5.73 Å². The van der Waals surface area contributed by atoms with Gasteiger partial charge in [0.25, 0.3) is 0 Å². The number of hydrogen-bond donors (Lipinski definition) is 1. The maximum absolute atomic E-state index is 5.58. The summed E-state index contributed by atoms with van der Waals surface area (Å²) in [6, 6.07) is 4.37. The number of hydrogen-bond acceptors (Lipinski definition) is 3. The molecule has 0 radical (unpaired) electrons. The maximum atomic E-state index is 5.58. The van der Waals surface area contributed by atoms with Gasteiger partial charge in [-0.1, -0.05) is 13.3 Å². The van der Waals surface area contributed by atoms with Gasteiger partial charge in [0, 0.05) is 13.1 Å². The first-order chi connectivity index (χ1) is 6.65. The highest BCUT2D eigenvalue weighted by Crippen LogP contribution is 2.15. The van der Waals surface area contributed by atoms with Crippen LogP contribution >= 0.6 is 0 Å². The number of nitrogens with zero attached hydrogens (tertiary/aromatic N) is 2. The van der Waals surface area contributed by atoms with Crippen molar-refractivity contribution in [2.24, 2.45) is 0 Å². The first-order valence-electron chi connectivity index (χ1n) is 5.09. The Bertz CT molecular complexity index is 268. The second-order valence-electron chi connectivity index (χ2n) is 3.70. The lowest BCUT2D eigenvalue weighted by atomic mass is 10.2. The minimum absolute atomic E-state index is 0.524. The van der Waals surface area contributed by atoms with E-state index in [0.717, 1.165) is 5.82 Å². The molecule has 14 heavy (non-hydrogen) atoms. The van der Waals surface area contributed by atoms with Gasteiger partial charge in [0.1, 0.15) is 5.82 Å². The van der Waals surface area contributed by atoms with Crippen LogP contribution in [0.5, 0.6) is 0 Å². The minimum atomic E-state index is 0.524. The smallest absolute Gasteiger partial charge is 0.128 e. The molecule has 0 spiro atoms. The van der Waals surface area contributed by atoms with Crippen LogP contribution in [-0.2, 0) is 0 Å². The predicted molar refractivity (Wildman–Crippen MR) is 61.4 cm³/mol. The van der Waals surface area contributed by atoms with Crippen molar-refractivity contribution in [3.05, 3.63) is 18.3 Å². The van der Waals surface area contributed by atoms with Crippen LogP contribution in [0.3, 0.4) is 0 Å². The summed E-state index contributed by atoms with van der Waals surface area (Å²) < 4.78 is 0. The second-order valence-corrected chi connectivity index (χ2v) is 3.70. The van der Waals surface area contributed by atoms with Crippen LogP contribution in [0.25, 0.3) is 0 Å². The predicted octanol–water partition coefficient (Wildman–Crippen LogP) is 2.29. The summed E-state index contributed by atoms with van der Waals surface area (Å²) in [4.78, 5) is 6.47. The monoisotopic (exact) mass is 193 g/mol. The van der Waals surface area contributed by atoms with Crippen molar-refractivity contribution in [2.45, 2.75) is 32.7 Å². The molecule has 3 heteroatoms. The Morgan fingerprint density at radius 2 is 2.21 bits per heavy atom. The van der Waals surface area contributed by atoms with E-state index in [1.165, 1.54) is 12.8 Å². The van der Waals surface area contributed by atoms with E-state index < -0.39 is 0 Å². The number of nitrogen functional groups attached to an aromatic ring is 1. The molecule has 1 atom stereocenters. The maximum Gasteiger partial charge on any atom is 0.128 e. The molecule has 0 aliphatic carbocycles. The zero-order valence-electron chi connectivity index (χ0n) is 9.20. The average Bonchev–Trinajstić information content (AvgIpc) is 2.18. The van der Waals surface area contributed by atoms with Crippen LogP contribution in [0.4, 0.5) is 11.5 Å². The fourth-order valence-electron chi connectivity index (χ4n) is 1.44. The van der Waals surface area contributed by atoms with Gasteiger partial charge in [0.15, 0.2) is 0 Å². The Morgan fingerprint density at radius 1 is 1.50 bits per heavy atom. The minimum Gasteiger partial charge on any atom is -0.397 e. The zero-order chi connectivity index (χ0) is 10.6. The molecule has 0 saturated carbocycles. The van der Waals surface area contributed by atoms with Crippen molar-refractivity contribution in [1.29, 1.82) is 0 Å². The standard InChI is InChI=1S/C11H19N3/c1-4-5-9(2)14(3)11-7-6-10(12)8-13-11/h6-9H,4-5,12H2,1-3H3. The quantitative estimate of drug-likeness (QED) is 0.797. The van der Waals surface area contributed by atoms with Crippen LogP contribution in [0.2, 0.25) is 0 Å². The molecule has 78 valence electrons. The number of anilines is 2. The Balaban J connectivity index is 2.68. The number of pyridine rings is 1. The number of rotatable bonds is 4. The lowest BCUT2D eigenvalue weighted by molar-refractivity contribution is 0.611. The molecule has 0 saturated heterocycles. The van der Waals surface area contributed by atoms with E-state index in [9.17, 15) is 0 Å². The van der Waals surface area contributed by atoms with Crippen LogP contribution in [0.1, 0.15) is 26.7 Å². The van der Waals surface area contributed by atoms with E-state index in [2.05, 4.69) is 30.8 Å². The molecule has 1 unspecified atom stereocenters. The molecule has 0 aliphatic rings. The Labute approximate surface area is 85.9 Å². The molecule has 3 nitrogen and oxygen atoms in total. The fourth-order valence-corrected chi connectivity index (χ4v) is 1.44. The van der Waals surface area contributed by atoms with Gasteiger partial charge >= 0.3 is 0 Å². The molecule has 1 aromatic rings. The summed E-state index contributed by atoms with van der Waals surface area (Å²) in [7, 11) is 2.07. The first-order valence-corrected chi connectivity index (χ1v) is 5.09. The Kier molecular flexibility index (Phi) is 3.74. The molecule has 0 amide bonds. The number of nitrogens with two attached hydrogens (primary N) is 1. The van der Waals surface area contributed by atoms with Gasteiger partial charge in [-0.25, -0.2) is 4.98 Å². The molecular formula is C11H19N3. The van der Waals surface area contributed by atoms with E-state index in [0.29, 0.717) is 11.7 Å². The average molecular weight is 193 g/mol. The van der Waals surface area contributed by atoms with E-state index in [1.54, 1.807) is 6.20 Å². The van der Waals surface area contributed by atoms with Gasteiger partial charge in [-0.05, 0) is 25.5 Å². The molecular weight excluding hydrogens is 174 g/mol. The summed E-state index contributed by atoms with van der Waals surface area (Å²) in [5.41, 5.74) is 6.29. The first kappa shape index (κ1) is 10.8. The SMILES string of the molecule is CCCC(C)N(C)c1ccc(N)cn1. The van der Waals surface area contributed by atoms with Crippen molar-refractivity contribution >= 4 is 11.5 Å². The van der Waals surface area contributed by atoms with Gasteiger partial charge < -0.3 is 10.6 Å². The molecule has 0 bridgehead atoms. The summed E-state index contributed by atoms with van der Waals surface area (Å²) in [5, 5.41) is 0. The molecule has 0 fully saturated rings. The van der Waals surface area contributed by atoms with E-state index in [1.807, 2.05) is 12.1 Å². The Hall–Kier alpha value is -1.25. The summed E-state index contributed by atoms with van der Waals surface area (Å²) in [5.74, 6) is 0.986. The van der Waals surface area contributed by atoms with Gasteiger partial charge in [0.05, 0.1) is 11.9 Å². The van der Waals surface area contributed by atoms with Gasteiger partial charge in [-0.2, -0.15) is 0 Å². The second kappa shape index (κ2) is 4.84. The summed E-state index contributed by atoms with van der Waals surface area (Å²) in [6.45, 7) is 4.41. The zero-order valence-corrected chi connectivity index (χ0v) is 9.20. The van der Waals surface area contributed by atoms with Crippen LogP contribution in [-0.4, -0.2) is 18.1 Å². The lowest BCUT2D eigenvalue weighted by Crippen LogP contribution is -2.29. The van der Waals surface area contributed by atoms with Crippen LogP contribution < -0.4 is 10.6 Å². The lowest BCUT2D eigenvalue weighted by Gasteiger charge is -2.25. The van der Waals surface area contributed by atoms with Crippen molar-refractivity contribution in [2.75, 3.05) is 17.7 Å². The highest BCUT2D eigenvalue weighted by atomic mass is 15.2. The summed E-state index contributed by atoms with van der Waals surface area (Å²) >= 11 is 0. The third kappa shape index (κ3) is 2.62. The van der Waals surface area contributed by atoms with Crippen molar-refractivity contribution in [3.8, 4) is 0 Å². The van der Waals surface area contributed by atoms with Gasteiger partial charge in [0.2, 0.25) is 0 Å². The van der Waals surface area contributed by atoms with Crippen LogP contribution in [0, 0.1) is 0 Å². The fraction of sp³-hybridized carbons (Fsp3) is 0.545. The van der Waals surface area contributed by atoms with Crippen molar-refractivity contribution in [3.63, 3.8) is 0 Å². The molecule has 0 aromatic carbocycles. The largest absolute Gasteiger partial charge is 0.397 e.